The van der Waals surface area contributed by atoms with Gasteiger partial charge >= 0.3 is 0 Å². The van der Waals surface area contributed by atoms with Crippen molar-refractivity contribution >= 4 is 43.7 Å². The van der Waals surface area contributed by atoms with Crippen LogP contribution in [0.25, 0.3) is 10.9 Å². The molecule has 0 saturated heterocycles. The molecule has 0 unspecified atom stereocenters. The highest BCUT2D eigenvalue weighted by molar-refractivity contribution is 7.92. The number of nitro groups is 1. The van der Waals surface area contributed by atoms with Crippen LogP contribution in [-0.4, -0.2) is 80.7 Å². The second-order valence-corrected chi connectivity index (χ2v) is 11.7. The third-order valence-electron chi connectivity index (χ3n) is 6.55. The van der Waals surface area contributed by atoms with Crippen molar-refractivity contribution in [2.75, 3.05) is 51.0 Å². The summed E-state index contributed by atoms with van der Waals surface area (Å²) in [6.07, 6.45) is 1.17. The summed E-state index contributed by atoms with van der Waals surface area (Å²) < 4.78 is 37.7. The van der Waals surface area contributed by atoms with E-state index in [-0.39, 0.29) is 18.1 Å². The fraction of sp³-hybridized carbons (Fsp3) is 0.250. The van der Waals surface area contributed by atoms with Crippen molar-refractivity contribution in [1.29, 1.82) is 0 Å². The molecule has 1 aliphatic heterocycles. The van der Waals surface area contributed by atoms with Gasteiger partial charge in [0, 0.05) is 36.2 Å². The molecule has 5 rings (SSSR count). The highest BCUT2D eigenvalue weighted by atomic mass is 32.2. The lowest BCUT2D eigenvalue weighted by Gasteiger charge is -2.24. The number of aromatic amines is 1. The number of hydrogen-bond acceptors (Lipinski definition) is 9. The Labute approximate surface area is 236 Å². The van der Waals surface area contributed by atoms with Crippen LogP contribution >= 0.6 is 0 Å². The van der Waals surface area contributed by atoms with E-state index in [1.807, 2.05) is 19.0 Å². The number of non-ortho nitro benzene ring substituents is 1. The Morgan fingerprint density at radius 1 is 1.02 bits per heavy atom. The van der Waals surface area contributed by atoms with E-state index >= 15 is 0 Å². The topological polar surface area (TPSA) is 151 Å². The van der Waals surface area contributed by atoms with Gasteiger partial charge in [-0.1, -0.05) is 0 Å². The number of ether oxygens (including phenoxy) is 2. The van der Waals surface area contributed by atoms with Crippen molar-refractivity contribution in [3.63, 3.8) is 0 Å². The molecule has 0 saturated carbocycles. The molecule has 0 atom stereocenters. The smallest absolute Gasteiger partial charge is 0.271 e. The maximum Gasteiger partial charge on any atom is 0.271 e. The van der Waals surface area contributed by atoms with Crippen molar-refractivity contribution in [3.8, 4) is 17.4 Å². The summed E-state index contributed by atoms with van der Waals surface area (Å²) in [5.74, 6) is 0.898. The Morgan fingerprint density at radius 2 is 1.73 bits per heavy atom. The lowest BCUT2D eigenvalue weighted by Crippen LogP contribution is -2.35. The number of sulfonamides is 1. The summed E-state index contributed by atoms with van der Waals surface area (Å²) in [6.45, 7) is 1.64. The van der Waals surface area contributed by atoms with E-state index < -0.39 is 14.9 Å². The average Bonchev–Trinajstić information content (AvgIpc) is 3.26. The van der Waals surface area contributed by atoms with Crippen molar-refractivity contribution in [2.45, 2.75) is 0 Å². The summed E-state index contributed by atoms with van der Waals surface area (Å²) in [7, 11) is 0.226. The minimum Gasteiger partial charge on any atom is -0.494 e. The third-order valence-corrected chi connectivity index (χ3v) is 7.75. The van der Waals surface area contributed by atoms with Gasteiger partial charge in [0.25, 0.3) is 5.69 Å². The maximum atomic E-state index is 12.5. The predicted octanol–water partition coefficient (Wildman–Crippen LogP) is 4.05. The van der Waals surface area contributed by atoms with Gasteiger partial charge in [-0.15, -0.1) is 0 Å². The molecule has 0 aliphatic carbocycles. The Balaban J connectivity index is 1.62. The van der Waals surface area contributed by atoms with Gasteiger partial charge < -0.3 is 24.5 Å². The van der Waals surface area contributed by atoms with Crippen molar-refractivity contribution < 1.29 is 27.9 Å². The van der Waals surface area contributed by atoms with E-state index in [1.54, 1.807) is 48.5 Å². The number of benzene rings is 3. The fourth-order valence-corrected chi connectivity index (χ4v) is 5.50. The van der Waals surface area contributed by atoms with Crippen LogP contribution in [0, 0.1) is 10.1 Å². The Hall–Kier alpha value is -4.62. The molecular weight excluding hydrogens is 550 g/mol. The number of hydrogen-bond donors (Lipinski definition) is 2. The van der Waals surface area contributed by atoms with Crippen molar-refractivity contribution in [2.24, 2.45) is 4.99 Å². The molecule has 0 fully saturated rings. The van der Waals surface area contributed by atoms with Gasteiger partial charge in [-0.05, 0) is 62.6 Å². The van der Waals surface area contributed by atoms with Crippen molar-refractivity contribution in [3.05, 3.63) is 81.9 Å². The summed E-state index contributed by atoms with van der Waals surface area (Å²) >= 11 is 0. The first kappa shape index (κ1) is 27.9. The second kappa shape index (κ2) is 11.1. The van der Waals surface area contributed by atoms with Crippen LogP contribution in [0.3, 0.4) is 0 Å². The van der Waals surface area contributed by atoms with E-state index in [1.165, 1.54) is 22.7 Å². The first-order valence-corrected chi connectivity index (χ1v) is 14.6. The SMILES string of the molecule is CN(C)CCN(c1ccc(N=C(c2ccc3c(c2)OCCO3)c2c(O)[nH]c3cc([N+](=O)[O-])ccc23)cc1)S(C)(=O)=O. The largest absolute Gasteiger partial charge is 0.494 e. The summed E-state index contributed by atoms with van der Waals surface area (Å²) in [4.78, 5) is 20.4. The quantitative estimate of drug-likeness (QED) is 0.171. The zero-order valence-electron chi connectivity index (χ0n) is 22.7. The third kappa shape index (κ3) is 5.95. The molecular formula is C28H29N5O7S. The molecule has 0 bridgehead atoms. The first-order valence-electron chi connectivity index (χ1n) is 12.7. The first-order chi connectivity index (χ1) is 19.5. The van der Waals surface area contributed by atoms with E-state index in [0.717, 1.165) is 0 Å². The lowest BCUT2D eigenvalue weighted by atomic mass is 10.00. The predicted molar refractivity (Wildman–Crippen MR) is 157 cm³/mol. The molecule has 12 nitrogen and oxygen atoms in total. The number of anilines is 1. The summed E-state index contributed by atoms with van der Waals surface area (Å²) in [6, 6.07) is 16.3. The molecule has 1 aliphatic rings. The molecule has 13 heteroatoms. The molecule has 0 amide bonds. The molecule has 3 aromatic carbocycles. The van der Waals surface area contributed by atoms with Gasteiger partial charge in [-0.25, -0.2) is 13.4 Å². The van der Waals surface area contributed by atoms with Crippen LogP contribution in [-0.2, 0) is 10.0 Å². The van der Waals surface area contributed by atoms with Gasteiger partial charge in [0.1, 0.15) is 13.2 Å². The standard InChI is InChI=1S/C28H29N5O7S/c1-31(2)12-13-32(41(3,37)38)20-7-5-19(6-8-20)29-27(18-4-11-24-25(16-18)40-15-14-39-24)26-22-10-9-21(33(35)36)17-23(22)30-28(26)34/h4-11,16-17,30,34H,12-15H2,1-3H3. The molecule has 1 aromatic heterocycles. The van der Waals surface area contributed by atoms with Crippen LogP contribution in [0.5, 0.6) is 17.4 Å². The number of aliphatic imine (C=N–C) groups is 1. The van der Waals surface area contributed by atoms with Crippen LogP contribution in [0.2, 0.25) is 0 Å². The molecule has 4 aromatic rings. The number of aromatic nitrogens is 1. The average molecular weight is 580 g/mol. The minimum atomic E-state index is -3.52. The van der Waals surface area contributed by atoms with Gasteiger partial charge in [0.05, 0.1) is 39.3 Å². The van der Waals surface area contributed by atoms with Gasteiger partial charge in [0.15, 0.2) is 17.4 Å². The number of aromatic hydroxyl groups is 1. The number of H-pyrrole nitrogens is 1. The van der Waals surface area contributed by atoms with Gasteiger partial charge in [-0.3, -0.25) is 14.4 Å². The van der Waals surface area contributed by atoms with Crippen LogP contribution in [0.1, 0.15) is 11.1 Å². The van der Waals surface area contributed by atoms with E-state index in [9.17, 15) is 23.6 Å². The fourth-order valence-electron chi connectivity index (χ4n) is 4.58. The van der Waals surface area contributed by atoms with Gasteiger partial charge in [-0.2, -0.15) is 0 Å². The number of rotatable bonds is 9. The zero-order chi connectivity index (χ0) is 29.3. The van der Waals surface area contributed by atoms with Crippen LogP contribution < -0.4 is 13.8 Å². The minimum absolute atomic E-state index is 0.122. The molecule has 0 spiro atoms. The maximum absolute atomic E-state index is 12.5. The second-order valence-electron chi connectivity index (χ2n) is 9.81. The van der Waals surface area contributed by atoms with E-state index in [2.05, 4.69) is 4.98 Å². The lowest BCUT2D eigenvalue weighted by molar-refractivity contribution is -0.384. The summed E-state index contributed by atoms with van der Waals surface area (Å²) in [5.41, 5.74) is 2.57. The van der Waals surface area contributed by atoms with E-state index in [4.69, 9.17) is 14.5 Å². The monoisotopic (exact) mass is 579 g/mol. The molecule has 41 heavy (non-hydrogen) atoms. The number of nitrogens with zero attached hydrogens (tertiary/aromatic N) is 4. The summed E-state index contributed by atoms with van der Waals surface area (Å²) in [5, 5.41) is 22.8. The molecule has 214 valence electrons. The molecule has 0 radical (unpaired) electrons. The number of likely N-dealkylation sites (N-methyl/N-ethyl adjacent to an activating group) is 1. The van der Waals surface area contributed by atoms with Crippen molar-refractivity contribution in [1.82, 2.24) is 9.88 Å². The number of nitrogens with one attached hydrogen (secondary N) is 1. The Kier molecular flexibility index (Phi) is 7.56. The van der Waals surface area contributed by atoms with Crippen LogP contribution in [0.4, 0.5) is 17.1 Å². The highest BCUT2D eigenvalue weighted by Gasteiger charge is 2.23. The van der Waals surface area contributed by atoms with Crippen LogP contribution in [0.15, 0.2) is 65.7 Å². The van der Waals surface area contributed by atoms with Gasteiger partial charge in [0.2, 0.25) is 10.0 Å². The number of nitro benzene ring substituents is 1. The molecule has 2 N–H and O–H groups in total. The van der Waals surface area contributed by atoms with E-state index in [0.29, 0.717) is 70.4 Å². The highest BCUT2D eigenvalue weighted by Crippen LogP contribution is 2.37. The number of fused-ring (bicyclic) bond motifs is 2. The Morgan fingerprint density at radius 3 is 2.39 bits per heavy atom. The normalized spacial score (nSPS) is 13.5. The molecule has 2 heterocycles. The Bertz CT molecular complexity index is 1750. The zero-order valence-corrected chi connectivity index (χ0v) is 23.5.